The molecule has 3 aromatic rings. The molecule has 2 heterocycles. The molecule has 5 nitrogen and oxygen atoms in total. The number of sulfonamides is 1. The number of aryl methyl sites for hydroxylation is 2. The maximum Gasteiger partial charge on any atom is 0.249 e. The molecule has 0 aliphatic carbocycles. The van der Waals surface area contributed by atoms with Crippen molar-refractivity contribution in [1.29, 1.82) is 0 Å². The third-order valence-electron chi connectivity index (χ3n) is 5.19. The predicted octanol–water partition coefficient (Wildman–Crippen LogP) is 4.22. The molecule has 1 aliphatic heterocycles. The van der Waals surface area contributed by atoms with Gasteiger partial charge in [0.15, 0.2) is 10.0 Å². The standard InChI is InChI=1S/C21H21F2N3O2S2/c1-14-6-7-15(2)16(12-14)19-13-29-21(24-19)25-8-10-26(11-9-25)30(27,28)20-17(22)4-3-5-18(20)23/h3-7,12-13H,8-11H2,1-2H3. The van der Waals surface area contributed by atoms with Crippen molar-refractivity contribution >= 4 is 26.5 Å². The molecule has 1 saturated heterocycles. The average molecular weight is 450 g/mol. The topological polar surface area (TPSA) is 53.5 Å². The molecule has 4 rings (SSSR count). The number of hydrogen-bond donors (Lipinski definition) is 0. The third kappa shape index (κ3) is 3.84. The van der Waals surface area contributed by atoms with Crippen LogP contribution in [0.15, 0.2) is 46.7 Å². The van der Waals surface area contributed by atoms with Gasteiger partial charge in [-0.25, -0.2) is 22.2 Å². The lowest BCUT2D eigenvalue weighted by atomic mass is 10.0. The molecule has 1 fully saturated rings. The fraction of sp³-hybridized carbons (Fsp3) is 0.286. The Hall–Kier alpha value is -2.36. The molecular weight excluding hydrogens is 428 g/mol. The van der Waals surface area contributed by atoms with Crippen LogP contribution in [-0.2, 0) is 10.0 Å². The van der Waals surface area contributed by atoms with E-state index in [0.717, 1.165) is 50.0 Å². The first-order valence-electron chi connectivity index (χ1n) is 9.49. The van der Waals surface area contributed by atoms with Crippen LogP contribution in [0.1, 0.15) is 11.1 Å². The second-order valence-corrected chi connectivity index (χ2v) is 9.99. The smallest absolute Gasteiger partial charge is 0.249 e. The Bertz CT molecular complexity index is 1170. The van der Waals surface area contributed by atoms with E-state index in [1.807, 2.05) is 24.1 Å². The summed E-state index contributed by atoms with van der Waals surface area (Å²) in [7, 11) is -4.24. The summed E-state index contributed by atoms with van der Waals surface area (Å²) in [6.07, 6.45) is 0. The number of thiazole rings is 1. The molecule has 0 unspecified atom stereocenters. The Morgan fingerprint density at radius 1 is 1.00 bits per heavy atom. The van der Waals surface area contributed by atoms with E-state index in [2.05, 4.69) is 18.2 Å². The monoisotopic (exact) mass is 449 g/mol. The van der Waals surface area contributed by atoms with Gasteiger partial charge in [-0.2, -0.15) is 4.31 Å². The van der Waals surface area contributed by atoms with Gasteiger partial charge in [-0.15, -0.1) is 11.3 Å². The van der Waals surface area contributed by atoms with Crippen molar-refractivity contribution < 1.29 is 17.2 Å². The highest BCUT2D eigenvalue weighted by molar-refractivity contribution is 7.89. The van der Waals surface area contributed by atoms with Crippen molar-refractivity contribution in [2.75, 3.05) is 31.1 Å². The molecular formula is C21H21F2N3O2S2. The number of benzene rings is 2. The summed E-state index contributed by atoms with van der Waals surface area (Å²) in [4.78, 5) is 5.85. The molecule has 0 saturated carbocycles. The van der Waals surface area contributed by atoms with Gasteiger partial charge in [0.1, 0.15) is 11.6 Å². The number of anilines is 1. The first-order chi connectivity index (χ1) is 14.3. The summed E-state index contributed by atoms with van der Waals surface area (Å²) in [5, 5.41) is 2.80. The number of hydrogen-bond acceptors (Lipinski definition) is 5. The van der Waals surface area contributed by atoms with E-state index in [-0.39, 0.29) is 13.1 Å². The third-order valence-corrected chi connectivity index (χ3v) is 8.04. The average Bonchev–Trinajstić information content (AvgIpc) is 3.19. The second kappa shape index (κ2) is 8.05. The van der Waals surface area contributed by atoms with Crippen LogP contribution < -0.4 is 4.90 Å². The van der Waals surface area contributed by atoms with Gasteiger partial charge in [0.25, 0.3) is 0 Å². The normalized spacial score (nSPS) is 15.5. The van der Waals surface area contributed by atoms with Crippen LogP contribution in [0.2, 0.25) is 0 Å². The van der Waals surface area contributed by atoms with Crippen LogP contribution in [0.4, 0.5) is 13.9 Å². The zero-order valence-electron chi connectivity index (χ0n) is 16.6. The zero-order valence-corrected chi connectivity index (χ0v) is 18.2. The minimum atomic E-state index is -4.24. The van der Waals surface area contributed by atoms with Gasteiger partial charge in [-0.1, -0.05) is 23.8 Å². The van der Waals surface area contributed by atoms with Crippen LogP contribution in [-0.4, -0.2) is 43.9 Å². The van der Waals surface area contributed by atoms with E-state index >= 15 is 0 Å². The molecule has 0 bridgehead atoms. The van der Waals surface area contributed by atoms with Gasteiger partial charge in [0.2, 0.25) is 10.0 Å². The van der Waals surface area contributed by atoms with Gasteiger partial charge < -0.3 is 4.90 Å². The minimum absolute atomic E-state index is 0.133. The largest absolute Gasteiger partial charge is 0.345 e. The van der Waals surface area contributed by atoms with Gasteiger partial charge in [-0.3, -0.25) is 0 Å². The van der Waals surface area contributed by atoms with Crippen molar-refractivity contribution in [1.82, 2.24) is 9.29 Å². The minimum Gasteiger partial charge on any atom is -0.345 e. The van der Waals surface area contributed by atoms with Crippen molar-refractivity contribution in [2.45, 2.75) is 18.7 Å². The molecule has 9 heteroatoms. The fourth-order valence-electron chi connectivity index (χ4n) is 3.52. The van der Waals surface area contributed by atoms with Crippen LogP contribution >= 0.6 is 11.3 Å². The highest BCUT2D eigenvalue weighted by Gasteiger charge is 2.33. The number of rotatable bonds is 4. The van der Waals surface area contributed by atoms with Crippen molar-refractivity contribution in [3.05, 3.63) is 64.5 Å². The molecule has 0 radical (unpaired) electrons. The Balaban J connectivity index is 1.50. The quantitative estimate of drug-likeness (QED) is 0.599. The van der Waals surface area contributed by atoms with E-state index in [0.29, 0.717) is 13.1 Å². The van der Waals surface area contributed by atoms with E-state index < -0.39 is 26.6 Å². The van der Waals surface area contributed by atoms with E-state index in [4.69, 9.17) is 4.98 Å². The number of halogens is 2. The van der Waals surface area contributed by atoms with Crippen LogP contribution in [0.3, 0.4) is 0 Å². The summed E-state index contributed by atoms with van der Waals surface area (Å²) in [6.45, 7) is 5.14. The number of aromatic nitrogens is 1. The molecule has 1 aliphatic rings. The van der Waals surface area contributed by atoms with Crippen molar-refractivity contribution in [3.8, 4) is 11.3 Å². The summed E-state index contributed by atoms with van der Waals surface area (Å²) in [5.74, 6) is -2.15. The second-order valence-electron chi connectivity index (χ2n) is 7.28. The van der Waals surface area contributed by atoms with Crippen LogP contribution in [0.5, 0.6) is 0 Å². The Labute approximate surface area is 178 Å². The summed E-state index contributed by atoms with van der Waals surface area (Å²) >= 11 is 1.50. The molecule has 1 aromatic heterocycles. The predicted molar refractivity (Wildman–Crippen MR) is 114 cm³/mol. The Morgan fingerprint density at radius 3 is 2.33 bits per heavy atom. The maximum absolute atomic E-state index is 14.0. The van der Waals surface area contributed by atoms with Crippen molar-refractivity contribution in [3.63, 3.8) is 0 Å². The first kappa shape index (κ1) is 20.9. The highest BCUT2D eigenvalue weighted by Crippen LogP contribution is 2.31. The number of piperazine rings is 1. The van der Waals surface area contributed by atoms with Gasteiger partial charge in [0, 0.05) is 37.1 Å². The van der Waals surface area contributed by atoms with Gasteiger partial charge in [0.05, 0.1) is 5.69 Å². The first-order valence-corrected chi connectivity index (χ1v) is 11.8. The van der Waals surface area contributed by atoms with Crippen LogP contribution in [0.25, 0.3) is 11.3 Å². The molecule has 0 N–H and O–H groups in total. The van der Waals surface area contributed by atoms with Gasteiger partial charge >= 0.3 is 0 Å². The van der Waals surface area contributed by atoms with E-state index in [1.165, 1.54) is 11.3 Å². The molecule has 2 aromatic carbocycles. The fourth-order valence-corrected chi connectivity index (χ4v) is 5.93. The zero-order chi connectivity index (χ0) is 21.5. The lowest BCUT2D eigenvalue weighted by molar-refractivity contribution is 0.378. The Kier molecular flexibility index (Phi) is 5.61. The molecule has 0 amide bonds. The highest BCUT2D eigenvalue weighted by atomic mass is 32.2. The molecule has 0 atom stereocenters. The summed E-state index contributed by atoms with van der Waals surface area (Å²) < 4.78 is 54.6. The van der Waals surface area contributed by atoms with Crippen LogP contribution in [0, 0.1) is 25.5 Å². The maximum atomic E-state index is 14.0. The number of nitrogens with zero attached hydrogens (tertiary/aromatic N) is 3. The van der Waals surface area contributed by atoms with E-state index in [1.54, 1.807) is 0 Å². The van der Waals surface area contributed by atoms with Crippen molar-refractivity contribution in [2.24, 2.45) is 0 Å². The SMILES string of the molecule is Cc1ccc(C)c(-c2csc(N3CCN(S(=O)(=O)c4c(F)cccc4F)CC3)n2)c1. The van der Waals surface area contributed by atoms with Gasteiger partial charge in [-0.05, 0) is 37.6 Å². The molecule has 0 spiro atoms. The van der Waals surface area contributed by atoms with E-state index in [9.17, 15) is 17.2 Å². The molecule has 30 heavy (non-hydrogen) atoms. The Morgan fingerprint density at radius 2 is 1.67 bits per heavy atom. The summed E-state index contributed by atoms with van der Waals surface area (Å²) in [5.41, 5.74) is 4.26. The molecule has 158 valence electrons. The lowest BCUT2D eigenvalue weighted by Crippen LogP contribution is -2.49. The lowest BCUT2D eigenvalue weighted by Gasteiger charge is -2.33. The summed E-state index contributed by atoms with van der Waals surface area (Å²) in [6, 6.07) is 9.28.